The molecule has 4 rings (SSSR count). The van der Waals surface area contributed by atoms with Gasteiger partial charge in [0.2, 0.25) is 5.92 Å². The fraction of sp³-hybridized carbons (Fsp3) is 0.429. The van der Waals surface area contributed by atoms with Gasteiger partial charge in [0.1, 0.15) is 18.4 Å². The topological polar surface area (TPSA) is 66.2 Å². The molecule has 1 aliphatic rings. The maximum atomic E-state index is 14.0. The second-order valence-electron chi connectivity index (χ2n) is 9.71. The Kier molecular flexibility index (Phi) is 7.36. The van der Waals surface area contributed by atoms with Crippen molar-refractivity contribution in [2.45, 2.75) is 63.5 Å². The molecule has 0 bridgehead atoms. The normalized spacial score (nSPS) is 19.0. The Morgan fingerprint density at radius 3 is 2.43 bits per heavy atom. The van der Waals surface area contributed by atoms with Gasteiger partial charge >= 0.3 is 5.97 Å². The smallest absolute Gasteiger partial charge is 0.343 e. The molecule has 0 saturated heterocycles. The number of carbonyl (C=O) groups is 1. The van der Waals surface area contributed by atoms with Crippen LogP contribution in [0.4, 0.5) is 8.78 Å². The molecule has 2 N–H and O–H groups in total. The molecule has 0 spiro atoms. The molecule has 0 radical (unpaired) electrons. The minimum absolute atomic E-state index is 0.0290. The zero-order valence-electron chi connectivity index (χ0n) is 20.2. The van der Waals surface area contributed by atoms with Gasteiger partial charge in [0, 0.05) is 25.2 Å². The molecule has 0 unspecified atom stereocenters. The summed E-state index contributed by atoms with van der Waals surface area (Å²) in [5.74, 6) is -3.35. The van der Waals surface area contributed by atoms with E-state index < -0.39 is 29.8 Å². The van der Waals surface area contributed by atoms with E-state index in [4.69, 9.17) is 4.74 Å². The molecule has 1 fully saturated rings. The van der Waals surface area contributed by atoms with Crippen molar-refractivity contribution in [2.75, 3.05) is 6.61 Å². The zero-order chi connectivity index (χ0) is 25.1. The Hall–Kier alpha value is -3.06. The number of benzene rings is 2. The number of carbonyl (C=O) groups excluding carboxylic acids is 1. The van der Waals surface area contributed by atoms with Crippen LogP contribution in [0.25, 0.3) is 0 Å². The molecule has 1 heterocycles. The second kappa shape index (κ2) is 10.3. The first kappa shape index (κ1) is 25.0. The predicted molar refractivity (Wildman–Crippen MR) is 128 cm³/mol. The van der Waals surface area contributed by atoms with Gasteiger partial charge in [-0.15, -0.1) is 0 Å². The van der Waals surface area contributed by atoms with E-state index in [0.717, 1.165) is 17.1 Å². The number of nitrogens with one attached hydrogen (secondary N) is 1. The number of halogens is 2. The average Bonchev–Trinajstić information content (AvgIpc) is 3.42. The first-order valence-corrected chi connectivity index (χ1v) is 12.2. The van der Waals surface area contributed by atoms with E-state index in [1.807, 2.05) is 24.4 Å². The van der Waals surface area contributed by atoms with Crippen LogP contribution in [-0.4, -0.2) is 28.6 Å². The van der Waals surface area contributed by atoms with Gasteiger partial charge in [0.05, 0.1) is 12.5 Å². The van der Waals surface area contributed by atoms with E-state index >= 15 is 0 Å². The summed E-state index contributed by atoms with van der Waals surface area (Å²) in [5, 5.41) is 11.5. The third kappa shape index (κ3) is 5.45. The molecule has 1 saturated carbocycles. The third-order valence-corrected chi connectivity index (χ3v) is 6.87. The number of aliphatic hydroxyl groups is 1. The molecule has 7 heteroatoms. The molecule has 35 heavy (non-hydrogen) atoms. The lowest BCUT2D eigenvalue weighted by Crippen LogP contribution is -2.45. The van der Waals surface area contributed by atoms with Crippen LogP contribution in [0.5, 0.6) is 0 Å². The van der Waals surface area contributed by atoms with E-state index in [1.165, 1.54) is 0 Å². The Morgan fingerprint density at radius 1 is 1.17 bits per heavy atom. The van der Waals surface area contributed by atoms with E-state index in [1.54, 1.807) is 30.3 Å². The molecule has 2 atom stereocenters. The van der Waals surface area contributed by atoms with Crippen LogP contribution in [0.1, 0.15) is 61.7 Å². The Balaban J connectivity index is 1.50. The number of ether oxygens (including phenoxy) is 1. The highest BCUT2D eigenvalue weighted by atomic mass is 19.3. The highest BCUT2D eigenvalue weighted by Crippen LogP contribution is 2.47. The van der Waals surface area contributed by atoms with Crippen LogP contribution in [0, 0.1) is 5.92 Å². The molecular formula is C28H33F2N2O3+. The number of aromatic amines is 1. The molecule has 0 amide bonds. The summed E-state index contributed by atoms with van der Waals surface area (Å²) in [7, 11) is 0. The first-order valence-electron chi connectivity index (χ1n) is 12.2. The molecule has 5 nitrogen and oxygen atoms in total. The number of nitrogens with zero attached hydrogens (tertiary/aromatic N) is 1. The summed E-state index contributed by atoms with van der Waals surface area (Å²) in [6.07, 6.45) is 1.50. The fourth-order valence-corrected chi connectivity index (χ4v) is 4.98. The van der Waals surface area contributed by atoms with Crippen molar-refractivity contribution in [3.05, 3.63) is 89.5 Å². The van der Waals surface area contributed by atoms with Gasteiger partial charge in [-0.3, -0.25) is 0 Å². The molecule has 3 aromatic rings. The van der Waals surface area contributed by atoms with Crippen LogP contribution in [0.15, 0.2) is 66.9 Å². The number of alkyl halides is 2. The van der Waals surface area contributed by atoms with Gasteiger partial charge in [0.25, 0.3) is 5.82 Å². The van der Waals surface area contributed by atoms with Gasteiger partial charge in [-0.2, -0.15) is 0 Å². The molecule has 0 aliphatic heterocycles. The zero-order valence-corrected chi connectivity index (χ0v) is 20.2. The number of rotatable bonds is 9. The maximum Gasteiger partial charge on any atom is 0.343 e. The lowest BCUT2D eigenvalue weighted by Gasteiger charge is -2.32. The minimum Gasteiger partial charge on any atom is -0.463 e. The van der Waals surface area contributed by atoms with Gasteiger partial charge in [0.15, 0.2) is 5.60 Å². The van der Waals surface area contributed by atoms with Crippen LogP contribution >= 0.6 is 0 Å². The largest absolute Gasteiger partial charge is 0.463 e. The number of aromatic nitrogens is 2. The lowest BCUT2D eigenvalue weighted by molar-refractivity contribution is -0.702. The molecule has 186 valence electrons. The van der Waals surface area contributed by atoms with E-state index in [-0.39, 0.29) is 30.9 Å². The maximum absolute atomic E-state index is 14.0. The van der Waals surface area contributed by atoms with E-state index in [0.29, 0.717) is 13.0 Å². The molecule has 1 aliphatic carbocycles. The monoisotopic (exact) mass is 483 g/mol. The van der Waals surface area contributed by atoms with E-state index in [2.05, 4.69) is 35.5 Å². The van der Waals surface area contributed by atoms with Crippen molar-refractivity contribution in [3.8, 4) is 0 Å². The number of hydrogen-bond acceptors (Lipinski definition) is 3. The van der Waals surface area contributed by atoms with Gasteiger partial charge < -0.3 is 9.84 Å². The van der Waals surface area contributed by atoms with Crippen LogP contribution < -0.4 is 4.57 Å². The first-order chi connectivity index (χ1) is 16.7. The molecule has 2 aromatic carbocycles. The Morgan fingerprint density at radius 2 is 1.83 bits per heavy atom. The summed E-state index contributed by atoms with van der Waals surface area (Å²) in [6.45, 7) is 4.91. The van der Waals surface area contributed by atoms with Crippen LogP contribution in [0.2, 0.25) is 0 Å². The number of imidazole rings is 1. The summed E-state index contributed by atoms with van der Waals surface area (Å²) in [6, 6.07) is 18.4. The van der Waals surface area contributed by atoms with Gasteiger partial charge in [-0.05, 0) is 17.5 Å². The van der Waals surface area contributed by atoms with Crippen molar-refractivity contribution in [3.63, 3.8) is 0 Å². The Labute approximate surface area is 204 Å². The molecular weight excluding hydrogens is 450 g/mol. The number of hydrogen-bond donors (Lipinski definition) is 2. The highest BCUT2D eigenvalue weighted by molar-refractivity contribution is 5.81. The highest BCUT2D eigenvalue weighted by Gasteiger charge is 2.54. The predicted octanol–water partition coefficient (Wildman–Crippen LogP) is 4.88. The molecule has 1 aromatic heterocycles. The number of esters is 1. The van der Waals surface area contributed by atoms with Crippen molar-refractivity contribution < 1.29 is 28.0 Å². The van der Waals surface area contributed by atoms with Gasteiger partial charge in [-0.1, -0.05) is 74.5 Å². The summed E-state index contributed by atoms with van der Waals surface area (Å²) < 4.78 is 35.7. The SMILES string of the molecule is CC(C)c1[nH]cc(CCOC(=O)[C@](O)(c2ccccc2)[C@@H]2CCC(F)(F)C2)[n+]1Cc1ccccc1. The third-order valence-electron chi connectivity index (χ3n) is 6.87. The number of H-pyrrole nitrogens is 1. The van der Waals surface area contributed by atoms with Crippen molar-refractivity contribution in [1.82, 2.24) is 4.98 Å². The van der Waals surface area contributed by atoms with Crippen molar-refractivity contribution >= 4 is 5.97 Å². The fourth-order valence-electron chi connectivity index (χ4n) is 4.98. The van der Waals surface area contributed by atoms with Gasteiger partial charge in [-0.25, -0.2) is 23.1 Å². The summed E-state index contributed by atoms with van der Waals surface area (Å²) in [5.41, 5.74) is 0.289. The van der Waals surface area contributed by atoms with Crippen LogP contribution in [0.3, 0.4) is 0 Å². The van der Waals surface area contributed by atoms with E-state index in [9.17, 15) is 18.7 Å². The quantitative estimate of drug-likeness (QED) is 0.337. The van der Waals surface area contributed by atoms with Crippen molar-refractivity contribution in [2.24, 2.45) is 5.92 Å². The average molecular weight is 484 g/mol. The minimum atomic E-state index is -2.89. The van der Waals surface area contributed by atoms with Crippen molar-refractivity contribution in [1.29, 1.82) is 0 Å². The van der Waals surface area contributed by atoms with Crippen LogP contribution in [-0.2, 0) is 28.1 Å². The standard InChI is InChI=1S/C28H32F2N2O3/c1-20(2)25-31-18-24(32(25)19-21-9-5-3-6-10-21)14-16-35-26(33)28(34,22-11-7-4-8-12-22)23-13-15-27(29,30)17-23/h3-12,18,20,23,34H,13-17,19H2,1-2H3/p+1/t23-,28+/m1/s1. The summed E-state index contributed by atoms with van der Waals surface area (Å²) in [4.78, 5) is 16.5. The second-order valence-corrected chi connectivity index (χ2v) is 9.71. The lowest BCUT2D eigenvalue weighted by atomic mass is 9.80. The summed E-state index contributed by atoms with van der Waals surface area (Å²) >= 11 is 0. The Bertz CT molecular complexity index is 1130.